The zero-order valence-corrected chi connectivity index (χ0v) is 14.4. The minimum absolute atomic E-state index is 0.0116. The number of hydrogen-bond acceptors (Lipinski definition) is 3. The van der Waals surface area contributed by atoms with Gasteiger partial charge in [-0.15, -0.1) is 0 Å². The number of sulfonamides is 1. The highest BCUT2D eigenvalue weighted by Crippen LogP contribution is 2.24. The van der Waals surface area contributed by atoms with E-state index in [9.17, 15) is 26.4 Å². The Balaban J connectivity index is 2.67. The van der Waals surface area contributed by atoms with Crippen LogP contribution in [0.25, 0.3) is 0 Å². The molecule has 0 atom stereocenters. The van der Waals surface area contributed by atoms with Gasteiger partial charge in [0.05, 0.1) is 5.75 Å². The maximum atomic E-state index is 12.6. The summed E-state index contributed by atoms with van der Waals surface area (Å²) in [5.74, 6) is -1.05. The van der Waals surface area contributed by atoms with Crippen molar-refractivity contribution in [2.45, 2.75) is 45.7 Å². The van der Waals surface area contributed by atoms with E-state index < -0.39 is 34.6 Å². The minimum Gasteiger partial charge on any atom is -0.333 e. The van der Waals surface area contributed by atoms with E-state index in [0.29, 0.717) is 12.8 Å². The average Bonchev–Trinajstić information content (AvgIpc) is 2.49. The summed E-state index contributed by atoms with van der Waals surface area (Å²) in [5.41, 5.74) is 0. The van der Waals surface area contributed by atoms with E-state index in [1.807, 2.05) is 6.92 Å². The van der Waals surface area contributed by atoms with Gasteiger partial charge in [-0.25, -0.2) is 12.7 Å². The van der Waals surface area contributed by atoms with E-state index in [1.165, 1.54) is 4.31 Å². The zero-order chi connectivity index (χ0) is 17.7. The number of unbranched alkanes of at least 4 members (excludes halogenated alkanes) is 1. The summed E-state index contributed by atoms with van der Waals surface area (Å²) in [6, 6.07) is 0. The van der Waals surface area contributed by atoms with Gasteiger partial charge >= 0.3 is 6.18 Å². The molecule has 0 aromatic carbocycles. The third-order valence-corrected chi connectivity index (χ3v) is 5.91. The first-order valence-corrected chi connectivity index (χ1v) is 9.55. The van der Waals surface area contributed by atoms with E-state index in [0.717, 1.165) is 4.90 Å². The molecule has 1 aliphatic heterocycles. The molecule has 9 heteroatoms. The monoisotopic (exact) mass is 358 g/mol. The van der Waals surface area contributed by atoms with Gasteiger partial charge in [-0.05, 0) is 26.2 Å². The number of carbonyl (C=O) groups is 1. The van der Waals surface area contributed by atoms with Crippen molar-refractivity contribution >= 4 is 15.9 Å². The van der Waals surface area contributed by atoms with Gasteiger partial charge in [0.1, 0.15) is 6.54 Å². The molecule has 0 aromatic heterocycles. The summed E-state index contributed by atoms with van der Waals surface area (Å²) in [4.78, 5) is 13.2. The van der Waals surface area contributed by atoms with Gasteiger partial charge < -0.3 is 4.90 Å². The van der Waals surface area contributed by atoms with Crippen LogP contribution in [-0.2, 0) is 14.8 Å². The Labute approximate surface area is 135 Å². The highest BCUT2D eigenvalue weighted by Gasteiger charge is 2.37. The summed E-state index contributed by atoms with van der Waals surface area (Å²) >= 11 is 0. The van der Waals surface area contributed by atoms with Crippen LogP contribution in [0.2, 0.25) is 0 Å². The molecule has 1 rings (SSSR count). The lowest BCUT2D eigenvalue weighted by Crippen LogP contribution is -2.47. The number of rotatable bonds is 7. The van der Waals surface area contributed by atoms with E-state index in [-0.39, 0.29) is 38.2 Å². The van der Waals surface area contributed by atoms with Gasteiger partial charge in [0.15, 0.2) is 0 Å². The van der Waals surface area contributed by atoms with Crippen LogP contribution >= 0.6 is 0 Å². The molecule has 1 amide bonds. The Kier molecular flexibility index (Phi) is 7.31. The molecule has 1 heterocycles. The SMILES string of the molecule is CCCCN(CC(F)(F)F)C(=O)C1CCN(S(=O)(=O)CC)CC1. The Hall–Kier alpha value is -0.830. The molecule has 5 nitrogen and oxygen atoms in total. The highest BCUT2D eigenvalue weighted by atomic mass is 32.2. The standard InChI is InChI=1S/C14H25F3N2O3S/c1-3-5-8-18(11-14(15,16)17)13(20)12-6-9-19(10-7-12)23(21,22)4-2/h12H,3-11H2,1-2H3. The lowest BCUT2D eigenvalue weighted by atomic mass is 9.96. The Bertz CT molecular complexity index is 486. The largest absolute Gasteiger partial charge is 0.406 e. The average molecular weight is 358 g/mol. The third kappa shape index (κ3) is 6.29. The van der Waals surface area contributed by atoms with Crippen LogP contribution in [0.4, 0.5) is 13.2 Å². The molecule has 0 aromatic rings. The molecule has 0 unspecified atom stereocenters. The van der Waals surface area contributed by atoms with Gasteiger partial charge in [-0.1, -0.05) is 13.3 Å². The second kappa shape index (κ2) is 8.32. The van der Waals surface area contributed by atoms with E-state index in [1.54, 1.807) is 6.92 Å². The maximum Gasteiger partial charge on any atom is 0.406 e. The van der Waals surface area contributed by atoms with Crippen LogP contribution in [0.3, 0.4) is 0 Å². The molecule has 23 heavy (non-hydrogen) atoms. The minimum atomic E-state index is -4.42. The number of halogens is 3. The fraction of sp³-hybridized carbons (Fsp3) is 0.929. The molecule has 1 aliphatic rings. The molecule has 0 saturated carbocycles. The molecule has 0 N–H and O–H groups in total. The fourth-order valence-corrected chi connectivity index (χ4v) is 3.79. The maximum absolute atomic E-state index is 12.6. The van der Waals surface area contributed by atoms with Crippen LogP contribution in [0.1, 0.15) is 39.5 Å². The van der Waals surface area contributed by atoms with Crippen molar-refractivity contribution in [1.82, 2.24) is 9.21 Å². The summed E-state index contributed by atoms with van der Waals surface area (Å²) in [6.45, 7) is 2.63. The normalized spacial score (nSPS) is 18.1. The van der Waals surface area contributed by atoms with Gasteiger partial charge in [-0.3, -0.25) is 4.79 Å². The van der Waals surface area contributed by atoms with Gasteiger partial charge in [0, 0.05) is 25.6 Å². The van der Waals surface area contributed by atoms with Crippen LogP contribution in [-0.4, -0.2) is 61.6 Å². The molecular weight excluding hydrogens is 333 g/mol. The van der Waals surface area contributed by atoms with Crippen LogP contribution < -0.4 is 0 Å². The number of hydrogen-bond donors (Lipinski definition) is 0. The number of carbonyl (C=O) groups excluding carboxylic acids is 1. The predicted octanol–water partition coefficient (Wildman–Crippen LogP) is 2.24. The summed E-state index contributed by atoms with van der Waals surface area (Å²) in [6.07, 6.45) is -2.65. The fourth-order valence-electron chi connectivity index (χ4n) is 2.65. The lowest BCUT2D eigenvalue weighted by Gasteiger charge is -2.33. The van der Waals surface area contributed by atoms with Crippen LogP contribution in [0.15, 0.2) is 0 Å². The first kappa shape index (κ1) is 20.2. The lowest BCUT2D eigenvalue weighted by molar-refractivity contribution is -0.164. The molecular formula is C14H25F3N2O3S. The van der Waals surface area contributed by atoms with Crippen molar-refractivity contribution < 1.29 is 26.4 Å². The van der Waals surface area contributed by atoms with E-state index in [2.05, 4.69) is 0 Å². The number of nitrogens with zero attached hydrogens (tertiary/aromatic N) is 2. The van der Waals surface area contributed by atoms with Crippen molar-refractivity contribution in [1.29, 1.82) is 0 Å². The smallest absolute Gasteiger partial charge is 0.333 e. The summed E-state index contributed by atoms with van der Waals surface area (Å²) in [5, 5.41) is 0. The summed E-state index contributed by atoms with van der Waals surface area (Å²) < 4.78 is 62.8. The topological polar surface area (TPSA) is 57.7 Å². The van der Waals surface area contributed by atoms with Crippen LogP contribution in [0.5, 0.6) is 0 Å². The summed E-state index contributed by atoms with van der Waals surface area (Å²) in [7, 11) is -3.31. The molecule has 0 spiro atoms. The Morgan fingerprint density at radius 3 is 2.22 bits per heavy atom. The number of piperidine rings is 1. The number of alkyl halides is 3. The number of amides is 1. The molecule has 1 fully saturated rings. The Morgan fingerprint density at radius 2 is 1.78 bits per heavy atom. The van der Waals surface area contributed by atoms with Gasteiger partial charge in [0.25, 0.3) is 0 Å². The zero-order valence-electron chi connectivity index (χ0n) is 13.6. The second-order valence-corrected chi connectivity index (χ2v) is 8.06. The van der Waals surface area contributed by atoms with Gasteiger partial charge in [0.2, 0.25) is 15.9 Å². The van der Waals surface area contributed by atoms with E-state index in [4.69, 9.17) is 0 Å². The van der Waals surface area contributed by atoms with Crippen molar-refractivity contribution in [2.75, 3.05) is 31.9 Å². The third-order valence-electron chi connectivity index (χ3n) is 4.02. The Morgan fingerprint density at radius 1 is 1.22 bits per heavy atom. The molecule has 1 saturated heterocycles. The highest BCUT2D eigenvalue weighted by molar-refractivity contribution is 7.89. The van der Waals surface area contributed by atoms with Crippen molar-refractivity contribution in [2.24, 2.45) is 5.92 Å². The first-order chi connectivity index (χ1) is 10.6. The quantitative estimate of drug-likeness (QED) is 0.701. The van der Waals surface area contributed by atoms with Crippen molar-refractivity contribution in [3.8, 4) is 0 Å². The molecule has 0 aliphatic carbocycles. The molecule has 136 valence electrons. The van der Waals surface area contributed by atoms with Crippen LogP contribution in [0, 0.1) is 5.92 Å². The van der Waals surface area contributed by atoms with Gasteiger partial charge in [-0.2, -0.15) is 13.2 Å². The van der Waals surface area contributed by atoms with E-state index >= 15 is 0 Å². The van der Waals surface area contributed by atoms with Crippen molar-refractivity contribution in [3.63, 3.8) is 0 Å². The predicted molar refractivity (Wildman–Crippen MR) is 81.3 cm³/mol. The molecule has 0 radical (unpaired) electrons. The second-order valence-electron chi connectivity index (χ2n) is 5.80. The first-order valence-electron chi connectivity index (χ1n) is 7.94. The van der Waals surface area contributed by atoms with Crippen molar-refractivity contribution in [3.05, 3.63) is 0 Å². The molecule has 0 bridgehead atoms.